The highest BCUT2D eigenvalue weighted by Crippen LogP contribution is 2.13. The van der Waals surface area contributed by atoms with Crippen molar-refractivity contribution in [3.05, 3.63) is 34.9 Å². The Hall–Kier alpha value is -0.530. The van der Waals surface area contributed by atoms with Crippen molar-refractivity contribution < 1.29 is 0 Å². The molecule has 0 amide bonds. The Bertz CT molecular complexity index is 324. The van der Waals surface area contributed by atoms with Gasteiger partial charge in [-0.05, 0) is 39.7 Å². The SMILES string of the molecule is Cc1cc(C)cc(CNC(C)(C)CCCl)c1. The first kappa shape index (κ1) is 13.5. The molecule has 0 saturated heterocycles. The normalized spacial score (nSPS) is 11.8. The van der Waals surface area contributed by atoms with E-state index in [4.69, 9.17) is 11.6 Å². The Labute approximate surface area is 104 Å². The van der Waals surface area contributed by atoms with E-state index >= 15 is 0 Å². The molecule has 1 rings (SSSR count). The molecule has 2 heteroatoms. The molecule has 16 heavy (non-hydrogen) atoms. The summed E-state index contributed by atoms with van der Waals surface area (Å²) >= 11 is 5.78. The summed E-state index contributed by atoms with van der Waals surface area (Å²) in [7, 11) is 0. The van der Waals surface area contributed by atoms with Gasteiger partial charge in [-0.1, -0.05) is 29.3 Å². The van der Waals surface area contributed by atoms with E-state index in [9.17, 15) is 0 Å². The lowest BCUT2D eigenvalue weighted by molar-refractivity contribution is 0.376. The predicted octanol–water partition coefficient (Wildman–Crippen LogP) is 3.80. The van der Waals surface area contributed by atoms with Gasteiger partial charge in [-0.25, -0.2) is 0 Å². The Morgan fingerprint density at radius 1 is 1.12 bits per heavy atom. The van der Waals surface area contributed by atoms with Gasteiger partial charge in [0.1, 0.15) is 0 Å². The van der Waals surface area contributed by atoms with Crippen LogP contribution in [0, 0.1) is 13.8 Å². The molecule has 1 nitrogen and oxygen atoms in total. The van der Waals surface area contributed by atoms with E-state index in [1.165, 1.54) is 16.7 Å². The monoisotopic (exact) mass is 239 g/mol. The maximum absolute atomic E-state index is 5.78. The molecule has 0 aliphatic heterocycles. The number of alkyl halides is 1. The smallest absolute Gasteiger partial charge is 0.0240 e. The molecule has 0 aromatic heterocycles. The Kier molecular flexibility index (Phi) is 4.82. The summed E-state index contributed by atoms with van der Waals surface area (Å²) in [6.07, 6.45) is 0.985. The van der Waals surface area contributed by atoms with Crippen LogP contribution in [-0.4, -0.2) is 11.4 Å². The third-order valence-corrected chi connectivity index (χ3v) is 2.96. The molecule has 1 N–H and O–H groups in total. The van der Waals surface area contributed by atoms with Crippen LogP contribution in [0.5, 0.6) is 0 Å². The van der Waals surface area contributed by atoms with Crippen LogP contribution >= 0.6 is 11.6 Å². The molecule has 0 fully saturated rings. The zero-order valence-corrected chi connectivity index (χ0v) is 11.5. The highest BCUT2D eigenvalue weighted by atomic mass is 35.5. The Morgan fingerprint density at radius 2 is 1.69 bits per heavy atom. The van der Waals surface area contributed by atoms with Crippen LogP contribution in [0.25, 0.3) is 0 Å². The zero-order valence-electron chi connectivity index (χ0n) is 10.7. The van der Waals surface area contributed by atoms with E-state index in [2.05, 4.69) is 51.2 Å². The molecule has 0 bridgehead atoms. The largest absolute Gasteiger partial charge is 0.308 e. The number of nitrogens with one attached hydrogen (secondary N) is 1. The van der Waals surface area contributed by atoms with Gasteiger partial charge in [0.25, 0.3) is 0 Å². The summed E-state index contributed by atoms with van der Waals surface area (Å²) < 4.78 is 0. The van der Waals surface area contributed by atoms with Crippen molar-refractivity contribution in [2.24, 2.45) is 0 Å². The molecule has 1 aromatic rings. The van der Waals surface area contributed by atoms with Gasteiger partial charge in [0.15, 0.2) is 0 Å². The number of aryl methyl sites for hydroxylation is 2. The molecule has 0 radical (unpaired) electrons. The summed E-state index contributed by atoms with van der Waals surface area (Å²) in [5.41, 5.74) is 4.11. The molecule has 0 atom stereocenters. The Balaban J connectivity index is 2.60. The first-order chi connectivity index (χ1) is 7.43. The fourth-order valence-electron chi connectivity index (χ4n) is 1.84. The third kappa shape index (κ3) is 4.54. The number of rotatable bonds is 5. The number of halogens is 1. The second-order valence-electron chi connectivity index (χ2n) is 5.17. The molecular weight excluding hydrogens is 218 g/mol. The first-order valence-corrected chi connectivity index (χ1v) is 6.34. The summed E-state index contributed by atoms with van der Waals surface area (Å²) in [4.78, 5) is 0. The van der Waals surface area contributed by atoms with Crippen LogP contribution in [0.1, 0.15) is 37.0 Å². The summed E-state index contributed by atoms with van der Waals surface area (Å²) in [6, 6.07) is 6.67. The maximum Gasteiger partial charge on any atom is 0.0240 e. The Morgan fingerprint density at radius 3 is 2.19 bits per heavy atom. The van der Waals surface area contributed by atoms with Crippen LogP contribution < -0.4 is 5.32 Å². The first-order valence-electron chi connectivity index (χ1n) is 5.81. The van der Waals surface area contributed by atoms with Crippen LogP contribution in [0.4, 0.5) is 0 Å². The molecular formula is C14H22ClN. The van der Waals surface area contributed by atoms with E-state index in [0.717, 1.165) is 13.0 Å². The topological polar surface area (TPSA) is 12.0 Å². The highest BCUT2D eigenvalue weighted by molar-refractivity contribution is 6.17. The van der Waals surface area contributed by atoms with E-state index in [0.29, 0.717) is 5.88 Å². The quantitative estimate of drug-likeness (QED) is 0.771. The minimum atomic E-state index is 0.111. The summed E-state index contributed by atoms with van der Waals surface area (Å²) in [6.45, 7) is 9.57. The lowest BCUT2D eigenvalue weighted by Crippen LogP contribution is -2.39. The average Bonchev–Trinajstić information content (AvgIpc) is 2.13. The summed E-state index contributed by atoms with van der Waals surface area (Å²) in [5.74, 6) is 0.701. The second-order valence-corrected chi connectivity index (χ2v) is 5.55. The van der Waals surface area contributed by atoms with Crippen LogP contribution in [0.2, 0.25) is 0 Å². The van der Waals surface area contributed by atoms with Crippen molar-refractivity contribution in [3.8, 4) is 0 Å². The van der Waals surface area contributed by atoms with Crippen molar-refractivity contribution in [1.29, 1.82) is 0 Å². The average molecular weight is 240 g/mol. The molecule has 0 aliphatic rings. The highest BCUT2D eigenvalue weighted by Gasteiger charge is 2.15. The standard InChI is InChI=1S/C14H22ClN/c1-11-7-12(2)9-13(8-11)10-16-14(3,4)5-6-15/h7-9,16H,5-6,10H2,1-4H3. The van der Waals surface area contributed by atoms with Gasteiger partial charge in [-0.15, -0.1) is 11.6 Å². The van der Waals surface area contributed by atoms with Gasteiger partial charge in [0.2, 0.25) is 0 Å². The molecule has 0 saturated carbocycles. The van der Waals surface area contributed by atoms with Crippen LogP contribution in [-0.2, 0) is 6.54 Å². The van der Waals surface area contributed by atoms with Gasteiger partial charge in [-0.2, -0.15) is 0 Å². The molecule has 0 spiro atoms. The minimum absolute atomic E-state index is 0.111. The molecule has 90 valence electrons. The van der Waals surface area contributed by atoms with E-state index in [-0.39, 0.29) is 5.54 Å². The van der Waals surface area contributed by atoms with Gasteiger partial charge in [0.05, 0.1) is 0 Å². The fraction of sp³-hybridized carbons (Fsp3) is 0.571. The molecule has 0 unspecified atom stereocenters. The van der Waals surface area contributed by atoms with Crippen molar-refractivity contribution in [2.45, 2.75) is 46.2 Å². The van der Waals surface area contributed by atoms with E-state index in [1.807, 2.05) is 0 Å². The van der Waals surface area contributed by atoms with Crippen LogP contribution in [0.15, 0.2) is 18.2 Å². The van der Waals surface area contributed by atoms with Gasteiger partial charge < -0.3 is 5.32 Å². The number of hydrogen-bond acceptors (Lipinski definition) is 1. The van der Waals surface area contributed by atoms with Crippen LogP contribution in [0.3, 0.4) is 0 Å². The fourth-order valence-corrected chi connectivity index (χ4v) is 2.31. The van der Waals surface area contributed by atoms with Crippen molar-refractivity contribution in [2.75, 3.05) is 5.88 Å². The third-order valence-electron chi connectivity index (χ3n) is 2.77. The lowest BCUT2D eigenvalue weighted by Gasteiger charge is -2.25. The van der Waals surface area contributed by atoms with Gasteiger partial charge in [0, 0.05) is 18.0 Å². The van der Waals surface area contributed by atoms with Crippen molar-refractivity contribution >= 4 is 11.6 Å². The minimum Gasteiger partial charge on any atom is -0.308 e. The van der Waals surface area contributed by atoms with E-state index in [1.54, 1.807) is 0 Å². The molecule has 1 aromatic carbocycles. The van der Waals surface area contributed by atoms with Gasteiger partial charge >= 0.3 is 0 Å². The zero-order chi connectivity index (χ0) is 12.2. The number of hydrogen-bond donors (Lipinski definition) is 1. The van der Waals surface area contributed by atoms with Crippen molar-refractivity contribution in [3.63, 3.8) is 0 Å². The summed E-state index contributed by atoms with van der Waals surface area (Å²) in [5, 5.41) is 3.55. The lowest BCUT2D eigenvalue weighted by atomic mass is 10.0. The van der Waals surface area contributed by atoms with Gasteiger partial charge in [-0.3, -0.25) is 0 Å². The second kappa shape index (κ2) is 5.70. The molecule has 0 aliphatic carbocycles. The van der Waals surface area contributed by atoms with Crippen molar-refractivity contribution in [1.82, 2.24) is 5.32 Å². The predicted molar refractivity (Wildman–Crippen MR) is 72.2 cm³/mol. The maximum atomic E-state index is 5.78. The molecule has 0 heterocycles. The number of benzene rings is 1. The van der Waals surface area contributed by atoms with E-state index < -0.39 is 0 Å².